The van der Waals surface area contributed by atoms with Crippen LogP contribution in [0.4, 0.5) is 0 Å². The molecule has 0 aliphatic rings. The number of carbonyl (C=O) groups is 1. The highest BCUT2D eigenvalue weighted by atomic mass is 32.2. The Hall–Kier alpha value is -1.38. The monoisotopic (exact) mass is 346 g/mol. The van der Waals surface area contributed by atoms with Crippen LogP contribution in [0.5, 0.6) is 0 Å². The number of rotatable bonds is 11. The molecule has 1 rings (SSSR count). The predicted molar refractivity (Wildman–Crippen MR) is 87.2 cm³/mol. The van der Waals surface area contributed by atoms with E-state index in [2.05, 4.69) is 10.0 Å². The lowest BCUT2D eigenvalue weighted by atomic mass is 9.99. The minimum atomic E-state index is -3.43. The molecule has 0 bridgehead atoms. The third-order valence-corrected chi connectivity index (χ3v) is 4.11. The highest BCUT2D eigenvalue weighted by molar-refractivity contribution is 7.88. The lowest BCUT2D eigenvalue weighted by Gasteiger charge is -2.22. The minimum Gasteiger partial charge on any atom is -0.467 e. The van der Waals surface area contributed by atoms with Gasteiger partial charge in [0, 0.05) is 13.2 Å². The summed E-state index contributed by atoms with van der Waals surface area (Å²) in [6.07, 6.45) is 3.98. The van der Waals surface area contributed by atoms with Crippen molar-refractivity contribution in [1.29, 1.82) is 0 Å². The highest BCUT2D eigenvalue weighted by Gasteiger charge is 2.26. The van der Waals surface area contributed by atoms with E-state index in [9.17, 15) is 13.2 Å². The van der Waals surface area contributed by atoms with Crippen LogP contribution in [0.15, 0.2) is 22.8 Å². The van der Waals surface area contributed by atoms with Crippen LogP contribution >= 0.6 is 0 Å². The molecule has 0 saturated heterocycles. The van der Waals surface area contributed by atoms with E-state index in [-0.39, 0.29) is 11.8 Å². The summed E-state index contributed by atoms with van der Waals surface area (Å²) in [6.45, 7) is 5.06. The second-order valence-electron chi connectivity index (χ2n) is 5.53. The summed E-state index contributed by atoms with van der Waals surface area (Å²) in [6, 6.07) is 2.87. The molecule has 132 valence electrons. The zero-order chi connectivity index (χ0) is 17.3. The van der Waals surface area contributed by atoms with Crippen molar-refractivity contribution in [3.05, 3.63) is 24.2 Å². The van der Waals surface area contributed by atoms with Crippen LogP contribution in [0.2, 0.25) is 0 Å². The number of amides is 1. The summed E-state index contributed by atoms with van der Waals surface area (Å²) in [5, 5.41) is 2.74. The third-order valence-electron chi connectivity index (χ3n) is 3.43. The van der Waals surface area contributed by atoms with Crippen LogP contribution in [0.1, 0.15) is 32.4 Å². The van der Waals surface area contributed by atoms with Crippen molar-refractivity contribution in [2.24, 2.45) is 5.92 Å². The number of sulfonamides is 1. The van der Waals surface area contributed by atoms with Gasteiger partial charge in [-0.25, -0.2) is 13.1 Å². The van der Waals surface area contributed by atoms with Crippen molar-refractivity contribution >= 4 is 15.9 Å². The number of nitrogens with one attached hydrogen (secondary N) is 2. The molecule has 7 nitrogen and oxygen atoms in total. The second kappa shape index (κ2) is 9.69. The van der Waals surface area contributed by atoms with E-state index in [1.807, 2.05) is 19.9 Å². The average molecular weight is 346 g/mol. The maximum atomic E-state index is 12.1. The summed E-state index contributed by atoms with van der Waals surface area (Å²) in [7, 11) is -3.43. The fourth-order valence-electron chi connectivity index (χ4n) is 1.96. The molecule has 2 atom stereocenters. The fraction of sp³-hybridized carbons (Fsp3) is 0.667. The zero-order valence-corrected chi connectivity index (χ0v) is 14.7. The number of hydrogen-bond acceptors (Lipinski definition) is 5. The summed E-state index contributed by atoms with van der Waals surface area (Å²) >= 11 is 0. The summed E-state index contributed by atoms with van der Waals surface area (Å²) < 4.78 is 35.7. The summed E-state index contributed by atoms with van der Waals surface area (Å²) in [4.78, 5) is 12.1. The first kappa shape index (κ1) is 19.7. The Balaban J connectivity index is 2.28. The van der Waals surface area contributed by atoms with Crippen LogP contribution in [-0.4, -0.2) is 39.8 Å². The van der Waals surface area contributed by atoms with E-state index in [1.54, 1.807) is 12.3 Å². The first-order valence-corrected chi connectivity index (χ1v) is 9.57. The van der Waals surface area contributed by atoms with Crippen molar-refractivity contribution in [1.82, 2.24) is 10.0 Å². The molecule has 0 aliphatic carbocycles. The molecular weight excluding hydrogens is 320 g/mol. The van der Waals surface area contributed by atoms with Gasteiger partial charge < -0.3 is 14.5 Å². The van der Waals surface area contributed by atoms with E-state index < -0.39 is 16.1 Å². The van der Waals surface area contributed by atoms with Crippen LogP contribution < -0.4 is 10.0 Å². The first-order valence-electron chi connectivity index (χ1n) is 7.68. The van der Waals surface area contributed by atoms with Gasteiger partial charge in [-0.2, -0.15) is 0 Å². The van der Waals surface area contributed by atoms with Gasteiger partial charge in [0.1, 0.15) is 18.4 Å². The van der Waals surface area contributed by atoms with Gasteiger partial charge in [0.2, 0.25) is 15.9 Å². The van der Waals surface area contributed by atoms with Crippen molar-refractivity contribution in [2.75, 3.05) is 19.4 Å². The first-order chi connectivity index (χ1) is 10.8. The smallest absolute Gasteiger partial charge is 0.238 e. The minimum absolute atomic E-state index is 0.0834. The molecule has 23 heavy (non-hydrogen) atoms. The predicted octanol–water partition coefficient (Wildman–Crippen LogP) is 1.27. The van der Waals surface area contributed by atoms with Crippen molar-refractivity contribution in [3.63, 3.8) is 0 Å². The average Bonchev–Trinajstić information content (AvgIpc) is 2.99. The largest absolute Gasteiger partial charge is 0.467 e. The number of furan rings is 1. The molecule has 1 aromatic rings. The summed E-state index contributed by atoms with van der Waals surface area (Å²) in [5.41, 5.74) is 0. The Labute approximate surface area is 137 Å². The normalized spacial score (nSPS) is 14.4. The molecule has 0 fully saturated rings. The van der Waals surface area contributed by atoms with E-state index >= 15 is 0 Å². The Bertz CT molecular complexity index is 556. The van der Waals surface area contributed by atoms with Gasteiger partial charge in [0.05, 0.1) is 12.5 Å². The molecule has 0 unspecified atom stereocenters. The molecule has 2 N–H and O–H groups in total. The molecule has 0 aliphatic heterocycles. The van der Waals surface area contributed by atoms with Gasteiger partial charge in [-0.05, 0) is 24.5 Å². The standard InChI is InChI=1S/C15H26N2O5S/c1-4-12(2)14(17-23(3,19)20)15(18)16-8-6-9-21-11-13-7-5-10-22-13/h5,7,10,12,14,17H,4,6,8-9,11H2,1-3H3,(H,16,18)/t12-,14+/m1/s1. The maximum absolute atomic E-state index is 12.1. The number of ether oxygens (including phenoxy) is 1. The molecule has 1 amide bonds. The van der Waals surface area contributed by atoms with Gasteiger partial charge >= 0.3 is 0 Å². The van der Waals surface area contributed by atoms with Crippen LogP contribution in [-0.2, 0) is 26.2 Å². The SMILES string of the molecule is CC[C@@H](C)[C@H](NS(C)(=O)=O)C(=O)NCCCOCc1ccco1. The Morgan fingerprint density at radius 2 is 2.17 bits per heavy atom. The van der Waals surface area contributed by atoms with Crippen LogP contribution in [0.3, 0.4) is 0 Å². The van der Waals surface area contributed by atoms with Gasteiger partial charge in [-0.15, -0.1) is 0 Å². The third kappa shape index (κ3) is 8.15. The Morgan fingerprint density at radius 1 is 1.43 bits per heavy atom. The highest BCUT2D eigenvalue weighted by Crippen LogP contribution is 2.09. The van der Waals surface area contributed by atoms with Crippen LogP contribution in [0, 0.1) is 5.92 Å². The molecule has 1 aromatic heterocycles. The maximum Gasteiger partial charge on any atom is 0.238 e. The van der Waals surface area contributed by atoms with E-state index in [0.717, 1.165) is 12.0 Å². The zero-order valence-electron chi connectivity index (χ0n) is 13.9. The molecule has 0 saturated carbocycles. The Morgan fingerprint density at radius 3 is 2.74 bits per heavy atom. The van der Waals surface area contributed by atoms with Gasteiger partial charge in [0.25, 0.3) is 0 Å². The van der Waals surface area contributed by atoms with E-state index in [4.69, 9.17) is 9.15 Å². The summed E-state index contributed by atoms with van der Waals surface area (Å²) in [5.74, 6) is 0.360. The van der Waals surface area contributed by atoms with Crippen molar-refractivity contribution in [2.45, 2.75) is 39.3 Å². The molecule has 8 heteroatoms. The van der Waals surface area contributed by atoms with Gasteiger partial charge in [-0.3, -0.25) is 4.79 Å². The molecule has 0 aromatic carbocycles. The fourth-order valence-corrected chi connectivity index (χ4v) is 2.76. The van der Waals surface area contributed by atoms with Gasteiger partial charge in [0.15, 0.2) is 0 Å². The lowest BCUT2D eigenvalue weighted by Crippen LogP contribution is -2.50. The molecular formula is C15H26N2O5S. The van der Waals surface area contributed by atoms with Crippen molar-refractivity contribution < 1.29 is 22.4 Å². The topological polar surface area (TPSA) is 97.6 Å². The second-order valence-corrected chi connectivity index (χ2v) is 7.31. The quantitative estimate of drug-likeness (QED) is 0.588. The number of hydrogen-bond donors (Lipinski definition) is 2. The van der Waals surface area contributed by atoms with E-state index in [0.29, 0.717) is 32.6 Å². The lowest BCUT2D eigenvalue weighted by molar-refractivity contribution is -0.123. The number of carbonyl (C=O) groups excluding carboxylic acids is 1. The van der Waals surface area contributed by atoms with Crippen molar-refractivity contribution in [3.8, 4) is 0 Å². The van der Waals surface area contributed by atoms with Gasteiger partial charge in [-0.1, -0.05) is 20.3 Å². The molecule has 1 heterocycles. The van der Waals surface area contributed by atoms with Crippen LogP contribution in [0.25, 0.3) is 0 Å². The van der Waals surface area contributed by atoms with E-state index in [1.165, 1.54) is 0 Å². The Kier molecular flexibility index (Phi) is 8.29. The molecule has 0 radical (unpaired) electrons. The molecule has 0 spiro atoms.